The van der Waals surface area contributed by atoms with Crippen molar-refractivity contribution in [3.8, 4) is 0 Å². The van der Waals surface area contributed by atoms with Crippen molar-refractivity contribution in [2.24, 2.45) is 0 Å². The Labute approximate surface area is 105 Å². The van der Waals surface area contributed by atoms with Crippen LogP contribution in [0.5, 0.6) is 0 Å². The Hall–Kier alpha value is -1.81. The third-order valence-corrected chi connectivity index (χ3v) is 3.58. The van der Waals surface area contributed by atoms with Gasteiger partial charge in [-0.2, -0.15) is 0 Å². The molecule has 3 rings (SSSR count). The van der Waals surface area contributed by atoms with Crippen LogP contribution in [0.3, 0.4) is 0 Å². The zero-order valence-corrected chi connectivity index (χ0v) is 10.5. The van der Waals surface area contributed by atoms with Crippen molar-refractivity contribution in [1.29, 1.82) is 0 Å². The quantitative estimate of drug-likeness (QED) is 0.800. The minimum absolute atomic E-state index is 0.0216. The molecule has 2 aromatic rings. The molecule has 1 aromatic heterocycles. The molecule has 0 spiro atoms. The normalized spacial score (nSPS) is 16.1. The molecule has 1 aliphatic rings. The first kappa shape index (κ1) is 11.3. The van der Waals surface area contributed by atoms with Crippen LogP contribution < -0.4 is 0 Å². The molecule has 0 aliphatic carbocycles. The van der Waals surface area contributed by atoms with E-state index in [1.165, 1.54) is 5.56 Å². The van der Waals surface area contributed by atoms with Gasteiger partial charge in [-0.05, 0) is 31.5 Å². The van der Waals surface area contributed by atoms with Crippen molar-refractivity contribution >= 4 is 16.8 Å². The van der Waals surface area contributed by atoms with Gasteiger partial charge in [0.2, 0.25) is 0 Å². The lowest BCUT2D eigenvalue weighted by atomic mass is 10.1. The predicted molar refractivity (Wildman–Crippen MR) is 69.7 cm³/mol. The minimum Gasteiger partial charge on any atom is -0.389 e. The van der Waals surface area contributed by atoms with E-state index in [9.17, 15) is 9.90 Å². The molecule has 2 heterocycles. The molecule has 1 aliphatic heterocycles. The first-order valence-corrected chi connectivity index (χ1v) is 6.12. The summed E-state index contributed by atoms with van der Waals surface area (Å²) in [7, 11) is 0. The SMILES string of the molecule is Cc1ccc2[nH]c(C(=O)N3CC(O)C3)c(C)c2c1. The molecule has 0 atom stereocenters. The number of amides is 1. The minimum atomic E-state index is -0.360. The van der Waals surface area contributed by atoms with Crippen molar-refractivity contribution in [3.63, 3.8) is 0 Å². The maximum Gasteiger partial charge on any atom is 0.270 e. The maximum absolute atomic E-state index is 12.2. The zero-order chi connectivity index (χ0) is 12.9. The fourth-order valence-electron chi connectivity index (χ4n) is 2.43. The lowest BCUT2D eigenvalue weighted by Gasteiger charge is -2.35. The number of aliphatic hydroxyl groups is 1. The third-order valence-electron chi connectivity index (χ3n) is 3.58. The number of aromatic amines is 1. The van der Waals surface area contributed by atoms with E-state index in [1.807, 2.05) is 26.0 Å². The molecule has 0 radical (unpaired) electrons. The van der Waals surface area contributed by atoms with Gasteiger partial charge in [-0.25, -0.2) is 0 Å². The van der Waals surface area contributed by atoms with Crippen LogP contribution in [-0.4, -0.2) is 40.1 Å². The molecule has 1 amide bonds. The Morgan fingerprint density at radius 3 is 2.78 bits per heavy atom. The van der Waals surface area contributed by atoms with E-state index in [0.717, 1.165) is 16.5 Å². The second-order valence-electron chi connectivity index (χ2n) is 5.04. The standard InChI is InChI=1S/C14H16N2O2/c1-8-3-4-12-11(5-8)9(2)13(15-12)14(18)16-6-10(17)7-16/h3-5,10,15,17H,6-7H2,1-2H3. The smallest absolute Gasteiger partial charge is 0.270 e. The number of nitrogens with one attached hydrogen (secondary N) is 1. The van der Waals surface area contributed by atoms with Crippen LogP contribution in [0.2, 0.25) is 0 Å². The van der Waals surface area contributed by atoms with Crippen LogP contribution in [-0.2, 0) is 0 Å². The summed E-state index contributed by atoms with van der Waals surface area (Å²) in [5, 5.41) is 10.4. The summed E-state index contributed by atoms with van der Waals surface area (Å²) in [6.07, 6.45) is -0.360. The second kappa shape index (κ2) is 3.85. The van der Waals surface area contributed by atoms with Crippen LogP contribution in [0.25, 0.3) is 10.9 Å². The van der Waals surface area contributed by atoms with Gasteiger partial charge in [0.25, 0.3) is 5.91 Å². The number of aromatic nitrogens is 1. The maximum atomic E-state index is 12.2. The number of aliphatic hydroxyl groups excluding tert-OH is 1. The largest absolute Gasteiger partial charge is 0.389 e. The summed E-state index contributed by atoms with van der Waals surface area (Å²) in [6, 6.07) is 6.11. The predicted octanol–water partition coefficient (Wildman–Crippen LogP) is 1.60. The van der Waals surface area contributed by atoms with Crippen LogP contribution in [0.1, 0.15) is 21.6 Å². The van der Waals surface area contributed by atoms with Crippen molar-refractivity contribution in [2.75, 3.05) is 13.1 Å². The first-order valence-electron chi connectivity index (χ1n) is 6.12. The third kappa shape index (κ3) is 1.61. The number of nitrogens with zero attached hydrogens (tertiary/aromatic N) is 1. The number of carbonyl (C=O) groups is 1. The average Bonchev–Trinajstić information content (AvgIpc) is 2.62. The van der Waals surface area contributed by atoms with Crippen LogP contribution in [0.15, 0.2) is 18.2 Å². The Morgan fingerprint density at radius 2 is 2.11 bits per heavy atom. The van der Waals surface area contributed by atoms with Gasteiger partial charge in [0, 0.05) is 24.0 Å². The number of aryl methyl sites for hydroxylation is 2. The van der Waals surface area contributed by atoms with E-state index in [2.05, 4.69) is 11.1 Å². The molecule has 1 saturated heterocycles. The first-order chi connectivity index (χ1) is 8.56. The van der Waals surface area contributed by atoms with Crippen LogP contribution >= 0.6 is 0 Å². The Bertz CT molecular complexity index is 624. The number of fused-ring (bicyclic) bond motifs is 1. The molecule has 4 heteroatoms. The number of β-amino-alcohol motifs (C(OH)–C–C–N with tert-alkyl or cyclic N) is 1. The van der Waals surface area contributed by atoms with E-state index in [-0.39, 0.29) is 12.0 Å². The molecule has 0 unspecified atom stereocenters. The Balaban J connectivity index is 2.02. The van der Waals surface area contributed by atoms with Gasteiger partial charge in [0.15, 0.2) is 0 Å². The average molecular weight is 244 g/mol. The Kier molecular flexibility index (Phi) is 2.41. The van der Waals surface area contributed by atoms with Crippen molar-refractivity contribution in [1.82, 2.24) is 9.88 Å². The molecular weight excluding hydrogens is 228 g/mol. The number of rotatable bonds is 1. The summed E-state index contributed by atoms with van der Waals surface area (Å²) in [5.74, 6) is -0.0216. The lowest BCUT2D eigenvalue weighted by Crippen LogP contribution is -2.53. The van der Waals surface area contributed by atoms with E-state index >= 15 is 0 Å². The molecule has 4 nitrogen and oxygen atoms in total. The topological polar surface area (TPSA) is 56.3 Å². The van der Waals surface area contributed by atoms with Gasteiger partial charge in [0.1, 0.15) is 5.69 Å². The molecule has 2 N–H and O–H groups in total. The summed E-state index contributed by atoms with van der Waals surface area (Å²) in [5.41, 5.74) is 3.80. The fraction of sp³-hybridized carbons (Fsp3) is 0.357. The van der Waals surface area contributed by atoms with E-state index in [0.29, 0.717) is 18.8 Å². The van der Waals surface area contributed by atoms with Crippen molar-refractivity contribution in [3.05, 3.63) is 35.0 Å². The number of hydrogen-bond acceptors (Lipinski definition) is 2. The van der Waals surface area contributed by atoms with Crippen LogP contribution in [0.4, 0.5) is 0 Å². The number of carbonyl (C=O) groups excluding carboxylic acids is 1. The highest BCUT2D eigenvalue weighted by atomic mass is 16.3. The molecule has 18 heavy (non-hydrogen) atoms. The molecule has 1 aromatic carbocycles. The fourth-order valence-corrected chi connectivity index (χ4v) is 2.43. The zero-order valence-electron chi connectivity index (χ0n) is 10.5. The number of likely N-dealkylation sites (tertiary alicyclic amines) is 1. The number of hydrogen-bond donors (Lipinski definition) is 2. The number of H-pyrrole nitrogens is 1. The molecule has 1 fully saturated rings. The highest BCUT2D eigenvalue weighted by Crippen LogP contribution is 2.25. The highest BCUT2D eigenvalue weighted by Gasteiger charge is 2.31. The summed E-state index contributed by atoms with van der Waals surface area (Å²) >= 11 is 0. The van der Waals surface area contributed by atoms with Crippen molar-refractivity contribution in [2.45, 2.75) is 20.0 Å². The molecule has 94 valence electrons. The van der Waals surface area contributed by atoms with Gasteiger partial charge in [0.05, 0.1) is 6.10 Å². The van der Waals surface area contributed by atoms with Gasteiger partial charge < -0.3 is 15.0 Å². The summed E-state index contributed by atoms with van der Waals surface area (Å²) in [6.45, 7) is 4.88. The highest BCUT2D eigenvalue weighted by molar-refractivity contribution is 6.01. The van der Waals surface area contributed by atoms with E-state index in [1.54, 1.807) is 4.90 Å². The molecular formula is C14H16N2O2. The lowest BCUT2D eigenvalue weighted by molar-refractivity contribution is 0.00551. The molecule has 0 saturated carbocycles. The summed E-state index contributed by atoms with van der Waals surface area (Å²) in [4.78, 5) is 17.1. The molecule has 0 bridgehead atoms. The van der Waals surface area contributed by atoms with Crippen LogP contribution in [0, 0.1) is 13.8 Å². The van der Waals surface area contributed by atoms with Crippen molar-refractivity contribution < 1.29 is 9.90 Å². The monoisotopic (exact) mass is 244 g/mol. The Morgan fingerprint density at radius 1 is 1.39 bits per heavy atom. The second-order valence-corrected chi connectivity index (χ2v) is 5.04. The van der Waals surface area contributed by atoms with Gasteiger partial charge in [-0.15, -0.1) is 0 Å². The summed E-state index contributed by atoms with van der Waals surface area (Å²) < 4.78 is 0. The van der Waals surface area contributed by atoms with Gasteiger partial charge in [-0.1, -0.05) is 11.6 Å². The van der Waals surface area contributed by atoms with E-state index < -0.39 is 0 Å². The number of benzene rings is 1. The van der Waals surface area contributed by atoms with Gasteiger partial charge in [-0.3, -0.25) is 4.79 Å². The van der Waals surface area contributed by atoms with E-state index in [4.69, 9.17) is 0 Å². The van der Waals surface area contributed by atoms with Gasteiger partial charge >= 0.3 is 0 Å².